The van der Waals surface area contributed by atoms with Gasteiger partial charge in [-0.15, -0.1) is 0 Å². The number of halogens is 2. The van der Waals surface area contributed by atoms with Crippen molar-refractivity contribution in [1.82, 2.24) is 13.7 Å². The molecule has 4 rings (SSSR count). The molecule has 1 fully saturated rings. The number of piperidine rings is 1. The zero-order chi connectivity index (χ0) is 20.0. The number of aryl methyl sites for hydroxylation is 1. The van der Waals surface area contributed by atoms with Crippen LogP contribution in [0, 0.1) is 5.82 Å². The zero-order valence-electron chi connectivity index (χ0n) is 15.9. The number of anilines is 1. The van der Waals surface area contributed by atoms with Crippen molar-refractivity contribution in [3.8, 4) is 0 Å². The monoisotopic (exact) mass is 404 g/mol. The van der Waals surface area contributed by atoms with E-state index in [0.717, 1.165) is 36.3 Å². The van der Waals surface area contributed by atoms with Crippen molar-refractivity contribution in [2.45, 2.75) is 25.8 Å². The Morgan fingerprint density at radius 3 is 2.46 bits per heavy atom. The molecule has 1 saturated heterocycles. The van der Waals surface area contributed by atoms with Gasteiger partial charge in [-0.2, -0.15) is 0 Å². The van der Waals surface area contributed by atoms with Crippen molar-refractivity contribution in [3.05, 3.63) is 61.5 Å². The Morgan fingerprint density at radius 1 is 1.04 bits per heavy atom. The summed E-state index contributed by atoms with van der Waals surface area (Å²) in [6.07, 6.45) is 3.31. The summed E-state index contributed by atoms with van der Waals surface area (Å²) in [4.78, 5) is 27.6. The van der Waals surface area contributed by atoms with E-state index >= 15 is 0 Å². The lowest BCUT2D eigenvalue weighted by molar-refractivity contribution is 0.565. The fourth-order valence-corrected chi connectivity index (χ4v) is 4.13. The predicted octanol–water partition coefficient (Wildman–Crippen LogP) is 2.87. The highest BCUT2D eigenvalue weighted by molar-refractivity contribution is 6.31. The van der Waals surface area contributed by atoms with E-state index in [1.54, 1.807) is 7.05 Å². The highest BCUT2D eigenvalue weighted by atomic mass is 35.5. The summed E-state index contributed by atoms with van der Waals surface area (Å²) in [5, 5.41) is 0.439. The molecule has 2 aromatic heterocycles. The standard InChI is InChI=1S/C20H22ClFN4O2/c1-23-16-11-17(25-8-4-3-5-9-25)26(18(16)19(27)24(2)20(23)28)12-13-10-14(22)6-7-15(13)21/h6-7,10-11H,3-5,8-9,12H2,1-2H3. The predicted molar refractivity (Wildman–Crippen MR) is 109 cm³/mol. The van der Waals surface area contributed by atoms with Crippen molar-refractivity contribution in [3.63, 3.8) is 0 Å². The molecule has 28 heavy (non-hydrogen) atoms. The first-order valence-electron chi connectivity index (χ1n) is 9.36. The summed E-state index contributed by atoms with van der Waals surface area (Å²) in [7, 11) is 3.13. The molecule has 0 unspecified atom stereocenters. The lowest BCUT2D eigenvalue weighted by Crippen LogP contribution is -2.37. The van der Waals surface area contributed by atoms with Crippen molar-refractivity contribution < 1.29 is 4.39 Å². The van der Waals surface area contributed by atoms with Crippen molar-refractivity contribution in [2.75, 3.05) is 18.0 Å². The number of nitrogens with zero attached hydrogens (tertiary/aromatic N) is 4. The molecule has 148 valence electrons. The van der Waals surface area contributed by atoms with E-state index in [-0.39, 0.29) is 23.6 Å². The van der Waals surface area contributed by atoms with Gasteiger partial charge < -0.3 is 9.47 Å². The van der Waals surface area contributed by atoms with Gasteiger partial charge in [-0.3, -0.25) is 13.9 Å². The van der Waals surface area contributed by atoms with Gasteiger partial charge in [0.2, 0.25) is 0 Å². The van der Waals surface area contributed by atoms with E-state index in [1.165, 1.54) is 36.2 Å². The number of hydrogen-bond acceptors (Lipinski definition) is 3. The fraction of sp³-hybridized carbons (Fsp3) is 0.400. The van der Waals surface area contributed by atoms with Crippen LogP contribution in [0.15, 0.2) is 33.9 Å². The molecule has 0 atom stereocenters. The quantitative estimate of drug-likeness (QED) is 0.674. The van der Waals surface area contributed by atoms with E-state index in [2.05, 4.69) is 4.90 Å². The molecule has 3 heterocycles. The third-order valence-corrected chi connectivity index (χ3v) is 5.88. The van der Waals surface area contributed by atoms with Crippen LogP contribution >= 0.6 is 11.6 Å². The van der Waals surface area contributed by atoms with Gasteiger partial charge >= 0.3 is 5.69 Å². The molecule has 1 aliphatic heterocycles. The molecule has 0 spiro atoms. The average molecular weight is 405 g/mol. The van der Waals surface area contributed by atoms with E-state index in [9.17, 15) is 14.0 Å². The van der Waals surface area contributed by atoms with Gasteiger partial charge in [-0.05, 0) is 43.0 Å². The maximum Gasteiger partial charge on any atom is 0.331 e. The SMILES string of the molecule is Cn1c(=O)c2c(cc(N3CCCCC3)n2Cc2cc(F)ccc2Cl)n(C)c1=O. The largest absolute Gasteiger partial charge is 0.358 e. The summed E-state index contributed by atoms with van der Waals surface area (Å²) in [6, 6.07) is 6.11. The van der Waals surface area contributed by atoms with Gasteiger partial charge in [-0.25, -0.2) is 9.18 Å². The minimum Gasteiger partial charge on any atom is -0.358 e. The van der Waals surface area contributed by atoms with Crippen LogP contribution < -0.4 is 16.1 Å². The molecule has 0 saturated carbocycles. The lowest BCUT2D eigenvalue weighted by atomic mass is 10.1. The Kier molecular flexibility index (Phi) is 4.79. The van der Waals surface area contributed by atoms with Gasteiger partial charge in [0.1, 0.15) is 17.2 Å². The average Bonchev–Trinajstić information content (AvgIpc) is 3.07. The van der Waals surface area contributed by atoms with E-state index < -0.39 is 0 Å². The maximum absolute atomic E-state index is 13.8. The Balaban J connectivity index is 1.99. The summed E-state index contributed by atoms with van der Waals surface area (Å²) < 4.78 is 18.3. The van der Waals surface area contributed by atoms with Crippen molar-refractivity contribution in [2.24, 2.45) is 14.1 Å². The van der Waals surface area contributed by atoms with E-state index in [4.69, 9.17) is 11.6 Å². The fourth-order valence-electron chi connectivity index (χ4n) is 3.96. The molecule has 6 nitrogen and oxygen atoms in total. The van der Waals surface area contributed by atoms with Gasteiger partial charge in [0.15, 0.2) is 0 Å². The number of fused-ring (bicyclic) bond motifs is 1. The highest BCUT2D eigenvalue weighted by Crippen LogP contribution is 2.29. The molecule has 0 N–H and O–H groups in total. The Morgan fingerprint density at radius 2 is 1.75 bits per heavy atom. The number of hydrogen-bond donors (Lipinski definition) is 0. The molecule has 0 aliphatic carbocycles. The Hall–Kier alpha value is -2.54. The summed E-state index contributed by atoms with van der Waals surface area (Å²) in [6.45, 7) is 2.00. The number of benzene rings is 1. The lowest BCUT2D eigenvalue weighted by Gasteiger charge is -2.29. The number of aromatic nitrogens is 3. The smallest absolute Gasteiger partial charge is 0.331 e. The molecular formula is C20H22ClFN4O2. The van der Waals surface area contributed by atoms with Crippen LogP contribution in [0.4, 0.5) is 10.2 Å². The zero-order valence-corrected chi connectivity index (χ0v) is 16.7. The topological polar surface area (TPSA) is 52.2 Å². The second-order valence-electron chi connectivity index (χ2n) is 7.31. The second kappa shape index (κ2) is 7.13. The van der Waals surface area contributed by atoms with Crippen LogP contribution in [0.1, 0.15) is 24.8 Å². The molecule has 0 bridgehead atoms. The van der Waals surface area contributed by atoms with Gasteiger partial charge in [0.05, 0.1) is 12.1 Å². The van der Waals surface area contributed by atoms with Crippen molar-refractivity contribution >= 4 is 28.5 Å². The van der Waals surface area contributed by atoms with Crippen LogP contribution in [0.2, 0.25) is 5.02 Å². The number of rotatable bonds is 3. The van der Waals surface area contributed by atoms with E-state index in [0.29, 0.717) is 21.6 Å². The maximum atomic E-state index is 13.8. The van der Waals surface area contributed by atoms with Gasteiger partial charge in [-0.1, -0.05) is 11.6 Å². The van der Waals surface area contributed by atoms with Gasteiger partial charge in [0, 0.05) is 38.3 Å². The first-order valence-corrected chi connectivity index (χ1v) is 9.74. The van der Waals surface area contributed by atoms with Crippen molar-refractivity contribution in [1.29, 1.82) is 0 Å². The van der Waals surface area contributed by atoms with Crippen LogP contribution in [0.25, 0.3) is 11.0 Å². The highest BCUT2D eigenvalue weighted by Gasteiger charge is 2.22. The molecule has 0 amide bonds. The van der Waals surface area contributed by atoms with Gasteiger partial charge in [0.25, 0.3) is 5.56 Å². The summed E-state index contributed by atoms with van der Waals surface area (Å²) >= 11 is 6.30. The molecule has 8 heteroatoms. The minimum absolute atomic E-state index is 0.249. The summed E-state index contributed by atoms with van der Waals surface area (Å²) in [5.41, 5.74) is 0.845. The molecule has 0 radical (unpaired) electrons. The minimum atomic E-state index is -0.379. The van der Waals surface area contributed by atoms with Crippen LogP contribution in [-0.2, 0) is 20.6 Å². The third kappa shape index (κ3) is 3.03. The molecular weight excluding hydrogens is 383 g/mol. The first-order chi connectivity index (χ1) is 13.4. The second-order valence-corrected chi connectivity index (χ2v) is 7.72. The Bertz CT molecular complexity index is 1170. The Labute approximate surface area is 166 Å². The summed E-state index contributed by atoms with van der Waals surface area (Å²) in [5.74, 6) is 0.476. The van der Waals surface area contributed by atoms with Crippen LogP contribution in [0.3, 0.4) is 0 Å². The molecule has 3 aromatic rings. The molecule has 1 aromatic carbocycles. The van der Waals surface area contributed by atoms with E-state index in [1.807, 2.05) is 10.6 Å². The van der Waals surface area contributed by atoms with Crippen LogP contribution in [-0.4, -0.2) is 26.8 Å². The first kappa shape index (κ1) is 18.8. The third-order valence-electron chi connectivity index (χ3n) is 5.51. The van der Waals surface area contributed by atoms with Crippen LogP contribution in [0.5, 0.6) is 0 Å². The normalized spacial score (nSPS) is 14.8. The molecule has 1 aliphatic rings.